The van der Waals surface area contributed by atoms with E-state index in [4.69, 9.17) is 0 Å². The Kier molecular flexibility index (Phi) is 5.68. The van der Waals surface area contributed by atoms with Crippen molar-refractivity contribution in [1.29, 1.82) is 0 Å². The molecular formula is C50H33N5. The van der Waals surface area contributed by atoms with Gasteiger partial charge in [0.2, 0.25) is 0 Å². The molecule has 55 heavy (non-hydrogen) atoms. The largest absolute Gasteiger partial charge is 0.374 e. The molecule has 2 unspecified atom stereocenters. The SMILES string of the molecule is c1ccc(C2Nc3ccccc3NC2c2ccc(-n3c4ccc5c6ccccc6n6c7ccccc7n7c8ccccc8c8ccc3c(c4c56)c87)cc2)cc1. The van der Waals surface area contributed by atoms with Crippen LogP contribution in [0.2, 0.25) is 0 Å². The van der Waals surface area contributed by atoms with Gasteiger partial charge in [0, 0.05) is 38.0 Å². The van der Waals surface area contributed by atoms with Crippen molar-refractivity contribution in [1.82, 2.24) is 13.4 Å². The monoisotopic (exact) mass is 703 g/mol. The van der Waals surface area contributed by atoms with Gasteiger partial charge < -0.3 is 24.0 Å². The van der Waals surface area contributed by atoms with E-state index in [2.05, 4.69) is 200 Å². The molecule has 0 fully saturated rings. The zero-order valence-electron chi connectivity index (χ0n) is 29.7. The van der Waals surface area contributed by atoms with E-state index in [0.29, 0.717) is 0 Å². The Morgan fingerprint density at radius 2 is 0.764 bits per heavy atom. The van der Waals surface area contributed by atoms with Gasteiger partial charge in [-0.2, -0.15) is 0 Å². The lowest BCUT2D eigenvalue weighted by atomic mass is 9.90. The molecule has 2 N–H and O–H groups in total. The van der Waals surface area contributed by atoms with E-state index in [1.54, 1.807) is 0 Å². The van der Waals surface area contributed by atoms with Crippen LogP contribution in [0.5, 0.6) is 0 Å². The number of hydrogen-bond acceptors (Lipinski definition) is 2. The number of hydrogen-bond donors (Lipinski definition) is 2. The van der Waals surface area contributed by atoms with Gasteiger partial charge in [-0.15, -0.1) is 0 Å². The van der Waals surface area contributed by atoms with Crippen LogP contribution in [-0.4, -0.2) is 13.4 Å². The Balaban J connectivity index is 1.12. The first kappa shape index (κ1) is 29.2. The van der Waals surface area contributed by atoms with Crippen LogP contribution in [0, 0.1) is 0 Å². The second-order valence-electron chi connectivity index (χ2n) is 15.0. The quantitative estimate of drug-likeness (QED) is 0.192. The average molecular weight is 704 g/mol. The van der Waals surface area contributed by atoms with Crippen LogP contribution in [0.25, 0.3) is 82.1 Å². The molecule has 1 aliphatic heterocycles. The van der Waals surface area contributed by atoms with E-state index >= 15 is 0 Å². The highest BCUT2D eigenvalue weighted by atomic mass is 15.1. The van der Waals surface area contributed by atoms with E-state index in [1.165, 1.54) is 87.6 Å². The van der Waals surface area contributed by atoms with Crippen molar-refractivity contribution in [3.63, 3.8) is 0 Å². The molecule has 5 nitrogen and oxygen atoms in total. The fourth-order valence-corrected chi connectivity index (χ4v) is 9.99. The summed E-state index contributed by atoms with van der Waals surface area (Å²) < 4.78 is 7.54. The van der Waals surface area contributed by atoms with Gasteiger partial charge in [-0.05, 0) is 71.8 Å². The number of nitrogens with zero attached hydrogens (tertiary/aromatic N) is 3. The van der Waals surface area contributed by atoms with E-state index in [1.807, 2.05) is 0 Å². The standard InChI is InChI=1S/C50H33N5/c1-2-12-30(13-3-1)47-48(52-38-17-7-6-16-37(38)51-47)31-22-24-32(25-23-31)53-43-28-26-35-33-14-4-8-18-39(33)54-41-20-10-11-21-42(41)55-40-19-9-5-15-34(40)36-27-29-44(53)46(50(36)55)45(43)49(35)54/h1-29,47-48,51-52H. The van der Waals surface area contributed by atoms with Crippen LogP contribution in [0.4, 0.5) is 11.4 Å². The molecule has 0 saturated heterocycles. The summed E-state index contributed by atoms with van der Waals surface area (Å²) in [5.74, 6) is 0. The zero-order chi connectivity index (χ0) is 35.8. The normalized spacial score (nSPS) is 15.9. The molecule has 2 atom stereocenters. The minimum absolute atomic E-state index is 0.0442. The maximum atomic E-state index is 3.89. The molecule has 12 aromatic rings. The number of aromatic nitrogens is 3. The molecule has 0 bridgehead atoms. The third-order valence-corrected chi connectivity index (χ3v) is 12.3. The second-order valence-corrected chi connectivity index (χ2v) is 15.0. The lowest BCUT2D eigenvalue weighted by Crippen LogP contribution is -2.30. The molecule has 0 aliphatic carbocycles. The second kappa shape index (κ2) is 10.7. The number of nitrogens with one attached hydrogen (secondary N) is 2. The number of rotatable bonds is 3. The number of benzene rings is 8. The minimum atomic E-state index is 0.0442. The number of fused-ring (bicyclic) bond motifs is 10. The Bertz CT molecular complexity index is 3330. The number of para-hydroxylation sites is 6. The molecule has 8 aromatic carbocycles. The van der Waals surface area contributed by atoms with Crippen LogP contribution in [0.1, 0.15) is 23.2 Å². The fourth-order valence-electron chi connectivity index (χ4n) is 9.99. The topological polar surface area (TPSA) is 37.8 Å². The zero-order valence-corrected chi connectivity index (χ0v) is 29.7. The molecule has 5 heteroatoms. The summed E-state index contributed by atoms with van der Waals surface area (Å²) in [6, 6.07) is 64.7. The van der Waals surface area contributed by atoms with Crippen molar-refractivity contribution >= 4 is 87.8 Å². The van der Waals surface area contributed by atoms with Crippen LogP contribution in [0.15, 0.2) is 176 Å². The van der Waals surface area contributed by atoms with E-state index < -0.39 is 0 Å². The molecule has 1 aliphatic rings. The summed E-state index contributed by atoms with van der Waals surface area (Å²) in [5.41, 5.74) is 15.6. The lowest BCUT2D eigenvalue weighted by Gasteiger charge is -2.37. The summed E-state index contributed by atoms with van der Waals surface area (Å²) in [6.07, 6.45) is 0. The van der Waals surface area contributed by atoms with Crippen LogP contribution in [-0.2, 0) is 0 Å². The molecular weight excluding hydrogens is 671 g/mol. The van der Waals surface area contributed by atoms with Crippen LogP contribution < -0.4 is 10.6 Å². The maximum absolute atomic E-state index is 3.89. The molecule has 0 saturated carbocycles. The maximum Gasteiger partial charge on any atom is 0.0758 e. The van der Waals surface area contributed by atoms with Gasteiger partial charge in [0.05, 0.1) is 67.6 Å². The van der Waals surface area contributed by atoms with E-state index in [9.17, 15) is 0 Å². The molecule has 0 amide bonds. The Morgan fingerprint density at radius 1 is 0.327 bits per heavy atom. The van der Waals surface area contributed by atoms with Crippen LogP contribution >= 0.6 is 0 Å². The number of anilines is 2. The summed E-state index contributed by atoms with van der Waals surface area (Å²) in [5, 5.41) is 15.4. The molecule has 0 spiro atoms. The van der Waals surface area contributed by atoms with Gasteiger partial charge in [-0.1, -0.05) is 115 Å². The van der Waals surface area contributed by atoms with E-state index in [0.717, 1.165) is 17.1 Å². The summed E-state index contributed by atoms with van der Waals surface area (Å²) in [4.78, 5) is 0. The summed E-state index contributed by atoms with van der Waals surface area (Å²) >= 11 is 0. The molecule has 13 rings (SSSR count). The first-order chi connectivity index (χ1) is 27.3. The van der Waals surface area contributed by atoms with Gasteiger partial charge in [0.1, 0.15) is 0 Å². The predicted octanol–water partition coefficient (Wildman–Crippen LogP) is 12.7. The molecule has 0 radical (unpaired) electrons. The van der Waals surface area contributed by atoms with Crippen LogP contribution in [0.3, 0.4) is 0 Å². The fraction of sp³-hybridized carbons (Fsp3) is 0.0400. The minimum Gasteiger partial charge on any atom is -0.374 e. The third-order valence-electron chi connectivity index (χ3n) is 12.3. The average Bonchev–Trinajstić information content (AvgIpc) is 3.88. The molecule has 4 aromatic heterocycles. The van der Waals surface area contributed by atoms with Crippen molar-refractivity contribution < 1.29 is 0 Å². The summed E-state index contributed by atoms with van der Waals surface area (Å²) in [6.45, 7) is 0. The molecule has 5 heterocycles. The van der Waals surface area contributed by atoms with Gasteiger partial charge in [-0.3, -0.25) is 0 Å². The van der Waals surface area contributed by atoms with E-state index in [-0.39, 0.29) is 12.1 Å². The Morgan fingerprint density at radius 3 is 1.29 bits per heavy atom. The third kappa shape index (κ3) is 3.81. The Hall–Kier alpha value is -7.24. The van der Waals surface area contributed by atoms with Gasteiger partial charge in [0.25, 0.3) is 0 Å². The highest BCUT2D eigenvalue weighted by Gasteiger charge is 2.30. The van der Waals surface area contributed by atoms with Crippen molar-refractivity contribution in [2.24, 2.45) is 0 Å². The summed E-state index contributed by atoms with van der Waals surface area (Å²) in [7, 11) is 0. The lowest BCUT2D eigenvalue weighted by molar-refractivity contribution is 0.636. The van der Waals surface area contributed by atoms with Gasteiger partial charge in [-0.25, -0.2) is 0 Å². The van der Waals surface area contributed by atoms with Gasteiger partial charge >= 0.3 is 0 Å². The Labute approximate surface area is 315 Å². The van der Waals surface area contributed by atoms with Gasteiger partial charge in [0.15, 0.2) is 0 Å². The first-order valence-electron chi connectivity index (χ1n) is 19.1. The van der Waals surface area contributed by atoms with Crippen molar-refractivity contribution in [2.45, 2.75) is 12.1 Å². The highest BCUT2D eigenvalue weighted by Crippen LogP contribution is 2.47. The predicted molar refractivity (Wildman–Crippen MR) is 230 cm³/mol. The van der Waals surface area contributed by atoms with Crippen molar-refractivity contribution in [2.75, 3.05) is 10.6 Å². The molecule has 258 valence electrons. The highest BCUT2D eigenvalue weighted by molar-refractivity contribution is 6.33. The smallest absolute Gasteiger partial charge is 0.0758 e. The van der Waals surface area contributed by atoms with Crippen molar-refractivity contribution in [3.8, 4) is 5.69 Å². The first-order valence-corrected chi connectivity index (χ1v) is 19.1. The van der Waals surface area contributed by atoms with Crippen molar-refractivity contribution in [3.05, 3.63) is 187 Å².